The second kappa shape index (κ2) is 6.68. The number of carbonyl (C=O) groups excluding carboxylic acids is 1. The monoisotopic (exact) mass is 168 g/mol. The van der Waals surface area contributed by atoms with Crippen molar-refractivity contribution in [1.82, 2.24) is 10.6 Å². The molecule has 3 nitrogen and oxygen atoms in total. The minimum atomic E-state index is -0.0690. The van der Waals surface area contributed by atoms with E-state index in [-0.39, 0.29) is 12.3 Å². The summed E-state index contributed by atoms with van der Waals surface area (Å²) in [6.45, 7) is 3.64. The molecule has 12 heavy (non-hydrogen) atoms. The number of amides is 1. The van der Waals surface area contributed by atoms with Crippen molar-refractivity contribution in [1.29, 1.82) is 0 Å². The SMILES string of the molecule is C#CCC(=O)NCC(C)CNC. The van der Waals surface area contributed by atoms with E-state index in [1.54, 1.807) is 0 Å². The van der Waals surface area contributed by atoms with E-state index in [0.717, 1.165) is 6.54 Å². The van der Waals surface area contributed by atoms with Gasteiger partial charge in [-0.25, -0.2) is 0 Å². The van der Waals surface area contributed by atoms with E-state index in [2.05, 4.69) is 23.5 Å². The van der Waals surface area contributed by atoms with Crippen molar-refractivity contribution in [3.63, 3.8) is 0 Å². The average molecular weight is 168 g/mol. The van der Waals surface area contributed by atoms with Gasteiger partial charge in [0.25, 0.3) is 0 Å². The number of carbonyl (C=O) groups is 1. The molecule has 0 saturated carbocycles. The first-order chi connectivity index (χ1) is 5.70. The van der Waals surface area contributed by atoms with Crippen molar-refractivity contribution in [3.05, 3.63) is 0 Å². The predicted molar refractivity (Wildman–Crippen MR) is 49.6 cm³/mol. The molecule has 0 aromatic heterocycles. The van der Waals surface area contributed by atoms with E-state index in [0.29, 0.717) is 12.5 Å². The van der Waals surface area contributed by atoms with Crippen LogP contribution in [-0.2, 0) is 4.79 Å². The summed E-state index contributed by atoms with van der Waals surface area (Å²) >= 11 is 0. The topological polar surface area (TPSA) is 41.1 Å². The highest BCUT2D eigenvalue weighted by atomic mass is 16.1. The van der Waals surface area contributed by atoms with E-state index in [1.165, 1.54) is 0 Å². The Morgan fingerprint density at radius 1 is 1.58 bits per heavy atom. The standard InChI is InChI=1S/C9H16N2O/c1-4-5-9(12)11-7-8(2)6-10-3/h1,8,10H,5-7H2,2-3H3,(H,11,12). The average Bonchev–Trinajstić information content (AvgIpc) is 2.02. The number of terminal acetylenes is 1. The Kier molecular flexibility index (Phi) is 6.12. The third kappa shape index (κ3) is 5.75. The fourth-order valence-corrected chi connectivity index (χ4v) is 0.864. The van der Waals surface area contributed by atoms with E-state index >= 15 is 0 Å². The molecule has 0 radical (unpaired) electrons. The number of nitrogens with one attached hydrogen (secondary N) is 2. The highest BCUT2D eigenvalue weighted by Crippen LogP contribution is 1.88. The number of rotatable bonds is 5. The van der Waals surface area contributed by atoms with E-state index < -0.39 is 0 Å². The lowest BCUT2D eigenvalue weighted by Gasteiger charge is -2.10. The van der Waals surface area contributed by atoms with Gasteiger partial charge in [-0.15, -0.1) is 6.42 Å². The molecular weight excluding hydrogens is 152 g/mol. The van der Waals surface area contributed by atoms with Gasteiger partial charge in [-0.1, -0.05) is 12.8 Å². The van der Waals surface area contributed by atoms with Crippen LogP contribution in [0.1, 0.15) is 13.3 Å². The molecule has 1 atom stereocenters. The third-order valence-electron chi connectivity index (χ3n) is 1.46. The summed E-state index contributed by atoms with van der Waals surface area (Å²) in [6, 6.07) is 0. The lowest BCUT2D eigenvalue weighted by Crippen LogP contribution is -2.31. The van der Waals surface area contributed by atoms with Gasteiger partial charge in [-0.2, -0.15) is 0 Å². The molecule has 0 aromatic carbocycles. The molecule has 68 valence electrons. The van der Waals surface area contributed by atoms with Crippen molar-refractivity contribution in [2.75, 3.05) is 20.1 Å². The molecule has 0 spiro atoms. The molecule has 0 aliphatic heterocycles. The summed E-state index contributed by atoms with van der Waals surface area (Å²) in [4.78, 5) is 10.9. The largest absolute Gasteiger partial charge is 0.355 e. The van der Waals surface area contributed by atoms with Gasteiger partial charge < -0.3 is 10.6 Å². The zero-order valence-electron chi connectivity index (χ0n) is 7.68. The molecule has 0 saturated heterocycles. The van der Waals surface area contributed by atoms with Crippen LogP contribution >= 0.6 is 0 Å². The summed E-state index contributed by atoms with van der Waals surface area (Å²) in [5.41, 5.74) is 0. The first kappa shape index (κ1) is 11.0. The Morgan fingerprint density at radius 2 is 2.25 bits per heavy atom. The van der Waals surface area contributed by atoms with Crippen LogP contribution in [0.25, 0.3) is 0 Å². The summed E-state index contributed by atoms with van der Waals surface area (Å²) in [7, 11) is 1.89. The van der Waals surface area contributed by atoms with E-state index in [1.807, 2.05) is 7.05 Å². The summed E-state index contributed by atoms with van der Waals surface area (Å²) in [6.07, 6.45) is 5.14. The van der Waals surface area contributed by atoms with E-state index in [9.17, 15) is 4.79 Å². The van der Waals surface area contributed by atoms with Gasteiger partial charge in [0.1, 0.15) is 0 Å². The van der Waals surface area contributed by atoms with Gasteiger partial charge in [0, 0.05) is 6.54 Å². The van der Waals surface area contributed by atoms with Crippen LogP contribution in [0.2, 0.25) is 0 Å². The highest BCUT2D eigenvalue weighted by Gasteiger charge is 2.02. The van der Waals surface area contributed by atoms with Crippen molar-refractivity contribution < 1.29 is 4.79 Å². The maximum absolute atomic E-state index is 10.9. The van der Waals surface area contributed by atoms with Crippen molar-refractivity contribution in [2.45, 2.75) is 13.3 Å². The highest BCUT2D eigenvalue weighted by molar-refractivity contribution is 5.78. The van der Waals surface area contributed by atoms with Gasteiger partial charge in [0.15, 0.2) is 0 Å². The third-order valence-corrected chi connectivity index (χ3v) is 1.46. The second-order valence-corrected chi connectivity index (χ2v) is 2.85. The fraction of sp³-hybridized carbons (Fsp3) is 0.667. The lowest BCUT2D eigenvalue weighted by molar-refractivity contribution is -0.120. The maximum atomic E-state index is 10.9. The van der Waals surface area contributed by atoms with Gasteiger partial charge in [0.05, 0.1) is 6.42 Å². The molecule has 0 fully saturated rings. The van der Waals surface area contributed by atoms with Crippen LogP contribution in [0.4, 0.5) is 0 Å². The second-order valence-electron chi connectivity index (χ2n) is 2.85. The maximum Gasteiger partial charge on any atom is 0.232 e. The molecule has 2 N–H and O–H groups in total. The van der Waals surface area contributed by atoms with Crippen LogP contribution in [-0.4, -0.2) is 26.0 Å². The molecular formula is C9H16N2O. The van der Waals surface area contributed by atoms with Crippen LogP contribution in [0.15, 0.2) is 0 Å². The minimum absolute atomic E-state index is 0.0690. The van der Waals surface area contributed by atoms with Gasteiger partial charge in [-0.3, -0.25) is 4.79 Å². The smallest absolute Gasteiger partial charge is 0.232 e. The molecule has 0 aromatic rings. The lowest BCUT2D eigenvalue weighted by atomic mass is 10.2. The van der Waals surface area contributed by atoms with Crippen LogP contribution in [0, 0.1) is 18.3 Å². The van der Waals surface area contributed by atoms with Gasteiger partial charge in [0.2, 0.25) is 5.91 Å². The zero-order chi connectivity index (χ0) is 9.40. The Balaban J connectivity index is 3.41. The van der Waals surface area contributed by atoms with Crippen LogP contribution < -0.4 is 10.6 Å². The molecule has 0 rings (SSSR count). The number of hydrogen-bond donors (Lipinski definition) is 2. The first-order valence-corrected chi connectivity index (χ1v) is 4.05. The Bertz CT molecular complexity index is 172. The zero-order valence-corrected chi connectivity index (χ0v) is 7.68. The van der Waals surface area contributed by atoms with E-state index in [4.69, 9.17) is 6.42 Å². The van der Waals surface area contributed by atoms with Crippen molar-refractivity contribution in [2.24, 2.45) is 5.92 Å². The van der Waals surface area contributed by atoms with Gasteiger partial charge >= 0.3 is 0 Å². The van der Waals surface area contributed by atoms with Crippen molar-refractivity contribution in [3.8, 4) is 12.3 Å². The molecule has 0 bridgehead atoms. The minimum Gasteiger partial charge on any atom is -0.355 e. The van der Waals surface area contributed by atoms with Crippen LogP contribution in [0.5, 0.6) is 0 Å². The Morgan fingerprint density at radius 3 is 2.75 bits per heavy atom. The summed E-state index contributed by atoms with van der Waals surface area (Å²) < 4.78 is 0. The molecule has 1 amide bonds. The fourth-order valence-electron chi connectivity index (χ4n) is 0.864. The quantitative estimate of drug-likeness (QED) is 0.566. The molecule has 0 aliphatic carbocycles. The first-order valence-electron chi connectivity index (χ1n) is 4.05. The predicted octanol–water partition coefficient (Wildman–Crippen LogP) is -0.0186. The van der Waals surface area contributed by atoms with Gasteiger partial charge in [-0.05, 0) is 19.5 Å². The molecule has 0 aliphatic rings. The van der Waals surface area contributed by atoms with Crippen LogP contribution in [0.3, 0.4) is 0 Å². The van der Waals surface area contributed by atoms with Crippen molar-refractivity contribution >= 4 is 5.91 Å². The summed E-state index contributed by atoms with van der Waals surface area (Å²) in [5.74, 6) is 2.67. The Labute approximate surface area is 73.9 Å². The molecule has 1 unspecified atom stereocenters. The number of hydrogen-bond acceptors (Lipinski definition) is 2. The molecule has 3 heteroatoms. The Hall–Kier alpha value is -1.01. The normalized spacial score (nSPS) is 11.8. The summed E-state index contributed by atoms with van der Waals surface area (Å²) in [5, 5.41) is 5.78. The molecule has 0 heterocycles.